The molecule has 0 unspecified atom stereocenters. The number of anilines is 1. The van der Waals surface area contributed by atoms with Crippen molar-refractivity contribution in [3.63, 3.8) is 0 Å². The van der Waals surface area contributed by atoms with Crippen LogP contribution in [0.3, 0.4) is 0 Å². The maximum absolute atomic E-state index is 5.13. The molecule has 0 N–H and O–H groups in total. The summed E-state index contributed by atoms with van der Waals surface area (Å²) >= 11 is 0. The molecule has 0 fully saturated rings. The minimum Gasteiger partial charge on any atom is -0.378 e. The summed E-state index contributed by atoms with van der Waals surface area (Å²) in [5.74, 6) is 0. The van der Waals surface area contributed by atoms with Gasteiger partial charge in [0.15, 0.2) is 0 Å². The number of halogens is 2. The molecule has 2 nitrogen and oxygen atoms in total. The molecule has 3 aromatic carbocycles. The third kappa shape index (κ3) is 3.21. The fourth-order valence-corrected chi connectivity index (χ4v) is 4.30. The molecule has 4 aromatic rings. The van der Waals surface area contributed by atoms with E-state index in [1.807, 2.05) is 0 Å². The lowest BCUT2D eigenvalue weighted by Gasteiger charge is -2.15. The first-order valence-electron chi connectivity index (χ1n) is 9.33. The molecule has 4 heteroatoms. The van der Waals surface area contributed by atoms with E-state index in [1.165, 1.54) is 50.7 Å². The predicted octanol–water partition coefficient (Wildman–Crippen LogP) is 6.45. The van der Waals surface area contributed by atoms with E-state index in [-0.39, 0.29) is 24.8 Å². The van der Waals surface area contributed by atoms with Crippen LogP contribution in [0.5, 0.6) is 0 Å². The van der Waals surface area contributed by atoms with Crippen LogP contribution in [-0.4, -0.2) is 19.1 Å². The predicted molar refractivity (Wildman–Crippen MR) is 126 cm³/mol. The first kappa shape index (κ1) is 20.4. The van der Waals surface area contributed by atoms with Gasteiger partial charge in [0.05, 0.1) is 11.2 Å². The summed E-state index contributed by atoms with van der Waals surface area (Å²) in [6.07, 6.45) is 3.51. The standard InChI is InChI=1S/C24H22N2.2ClH/c1-26(2)18-13-10-17(11-14-18)24-21-9-5-8-20(21)23-19-7-4-3-6-16(19)12-15-22(23)25-24;;/h3-4,6-7,10-15H,5,8-9H2,1-2H3;2*1H. The Kier molecular flexibility index (Phi) is 5.83. The van der Waals surface area contributed by atoms with Crippen molar-refractivity contribution in [2.24, 2.45) is 0 Å². The van der Waals surface area contributed by atoms with Crippen LogP contribution in [0.4, 0.5) is 5.69 Å². The zero-order valence-corrected chi connectivity index (χ0v) is 17.7. The van der Waals surface area contributed by atoms with Gasteiger partial charge in [-0.15, -0.1) is 24.8 Å². The van der Waals surface area contributed by atoms with Crippen molar-refractivity contribution in [3.8, 4) is 11.3 Å². The molecule has 1 aliphatic carbocycles. The molecule has 0 saturated carbocycles. The first-order valence-corrected chi connectivity index (χ1v) is 9.33. The van der Waals surface area contributed by atoms with E-state index in [1.54, 1.807) is 0 Å². The van der Waals surface area contributed by atoms with Gasteiger partial charge in [0.25, 0.3) is 0 Å². The Balaban J connectivity index is 0.00000112. The topological polar surface area (TPSA) is 16.1 Å². The van der Waals surface area contributed by atoms with Gasteiger partial charge >= 0.3 is 0 Å². The average Bonchev–Trinajstić information content (AvgIpc) is 3.17. The molecule has 0 atom stereocenters. The zero-order chi connectivity index (χ0) is 17.7. The highest BCUT2D eigenvalue weighted by Crippen LogP contribution is 2.39. The molecule has 0 bridgehead atoms. The van der Waals surface area contributed by atoms with E-state index in [0.717, 1.165) is 18.4 Å². The molecule has 0 saturated heterocycles. The lowest BCUT2D eigenvalue weighted by atomic mass is 9.95. The number of benzene rings is 3. The molecule has 28 heavy (non-hydrogen) atoms. The molecule has 0 amide bonds. The summed E-state index contributed by atoms with van der Waals surface area (Å²) in [7, 11) is 4.15. The van der Waals surface area contributed by atoms with E-state index in [0.29, 0.717) is 0 Å². The molecule has 0 radical (unpaired) electrons. The largest absolute Gasteiger partial charge is 0.378 e. The molecular weight excluding hydrogens is 387 g/mol. The summed E-state index contributed by atoms with van der Waals surface area (Å²) in [5.41, 5.74) is 7.70. The van der Waals surface area contributed by atoms with Crippen LogP contribution >= 0.6 is 24.8 Å². The number of aromatic nitrogens is 1. The Hall–Kier alpha value is -2.29. The molecular formula is C24H24Cl2N2. The smallest absolute Gasteiger partial charge is 0.0744 e. The number of nitrogens with zero attached hydrogens (tertiary/aromatic N) is 2. The Morgan fingerprint density at radius 2 is 1.50 bits per heavy atom. The zero-order valence-electron chi connectivity index (χ0n) is 16.1. The van der Waals surface area contributed by atoms with Crippen molar-refractivity contribution < 1.29 is 0 Å². The molecule has 1 heterocycles. The van der Waals surface area contributed by atoms with Gasteiger partial charge in [-0.2, -0.15) is 0 Å². The van der Waals surface area contributed by atoms with Gasteiger partial charge in [-0.25, -0.2) is 4.98 Å². The normalized spacial score (nSPS) is 12.4. The van der Waals surface area contributed by atoms with E-state index < -0.39 is 0 Å². The van der Waals surface area contributed by atoms with Crippen LogP contribution in [0.2, 0.25) is 0 Å². The molecule has 1 aliphatic rings. The Morgan fingerprint density at radius 1 is 0.786 bits per heavy atom. The van der Waals surface area contributed by atoms with Crippen molar-refractivity contribution in [2.45, 2.75) is 19.3 Å². The van der Waals surface area contributed by atoms with Crippen LogP contribution < -0.4 is 4.90 Å². The van der Waals surface area contributed by atoms with Gasteiger partial charge in [-0.3, -0.25) is 0 Å². The second-order valence-corrected chi connectivity index (χ2v) is 7.39. The quantitative estimate of drug-likeness (QED) is 0.352. The van der Waals surface area contributed by atoms with E-state index >= 15 is 0 Å². The van der Waals surface area contributed by atoms with Crippen molar-refractivity contribution in [1.29, 1.82) is 0 Å². The molecule has 144 valence electrons. The summed E-state index contributed by atoms with van der Waals surface area (Å²) in [6.45, 7) is 0. The fraction of sp³-hybridized carbons (Fsp3) is 0.208. The van der Waals surface area contributed by atoms with E-state index in [4.69, 9.17) is 4.98 Å². The summed E-state index contributed by atoms with van der Waals surface area (Å²) < 4.78 is 0. The highest BCUT2D eigenvalue weighted by molar-refractivity contribution is 6.09. The van der Waals surface area contributed by atoms with Gasteiger partial charge in [0.2, 0.25) is 0 Å². The van der Waals surface area contributed by atoms with Crippen LogP contribution in [0.25, 0.3) is 32.9 Å². The number of hydrogen-bond donors (Lipinski definition) is 0. The maximum Gasteiger partial charge on any atom is 0.0744 e. The maximum atomic E-state index is 5.13. The third-order valence-corrected chi connectivity index (χ3v) is 5.60. The van der Waals surface area contributed by atoms with Crippen LogP contribution in [-0.2, 0) is 12.8 Å². The molecule has 0 aliphatic heterocycles. The summed E-state index contributed by atoms with van der Waals surface area (Å²) in [4.78, 5) is 7.26. The minimum absolute atomic E-state index is 0. The van der Waals surface area contributed by atoms with Gasteiger partial charge in [-0.05, 0) is 59.4 Å². The number of fused-ring (bicyclic) bond motifs is 5. The summed E-state index contributed by atoms with van der Waals surface area (Å²) in [5, 5.41) is 4.01. The van der Waals surface area contributed by atoms with Gasteiger partial charge < -0.3 is 4.90 Å². The number of hydrogen-bond acceptors (Lipinski definition) is 2. The number of aryl methyl sites for hydroxylation is 1. The van der Waals surface area contributed by atoms with Crippen LogP contribution in [0.1, 0.15) is 17.5 Å². The monoisotopic (exact) mass is 410 g/mol. The Morgan fingerprint density at radius 3 is 2.25 bits per heavy atom. The SMILES string of the molecule is CN(C)c1ccc(-c2nc3ccc4ccccc4c3c3c2CCC3)cc1.Cl.Cl. The van der Waals surface area contributed by atoms with Crippen molar-refractivity contribution in [1.82, 2.24) is 4.98 Å². The van der Waals surface area contributed by atoms with E-state index in [9.17, 15) is 0 Å². The third-order valence-electron chi connectivity index (χ3n) is 5.60. The highest BCUT2D eigenvalue weighted by atomic mass is 35.5. The lowest BCUT2D eigenvalue weighted by molar-refractivity contribution is 0.913. The Bertz CT molecular complexity index is 1130. The number of pyridine rings is 1. The van der Waals surface area contributed by atoms with Crippen LogP contribution in [0.15, 0.2) is 60.7 Å². The fourth-order valence-electron chi connectivity index (χ4n) is 4.30. The lowest BCUT2D eigenvalue weighted by Crippen LogP contribution is -2.08. The first-order chi connectivity index (χ1) is 12.7. The van der Waals surface area contributed by atoms with Crippen molar-refractivity contribution in [2.75, 3.05) is 19.0 Å². The minimum atomic E-state index is 0. The molecule has 0 spiro atoms. The van der Waals surface area contributed by atoms with Crippen LogP contribution in [0, 0.1) is 0 Å². The second-order valence-electron chi connectivity index (χ2n) is 7.39. The van der Waals surface area contributed by atoms with Crippen molar-refractivity contribution in [3.05, 3.63) is 71.8 Å². The number of rotatable bonds is 2. The van der Waals surface area contributed by atoms with Gasteiger partial charge in [-0.1, -0.05) is 42.5 Å². The van der Waals surface area contributed by atoms with Gasteiger partial charge in [0.1, 0.15) is 0 Å². The van der Waals surface area contributed by atoms with Crippen molar-refractivity contribution >= 4 is 52.2 Å². The second kappa shape index (κ2) is 7.98. The van der Waals surface area contributed by atoms with E-state index in [2.05, 4.69) is 79.7 Å². The molecule has 5 rings (SSSR count). The molecule has 1 aromatic heterocycles. The summed E-state index contributed by atoms with van der Waals surface area (Å²) in [6, 6.07) is 21.9. The average molecular weight is 411 g/mol. The van der Waals surface area contributed by atoms with Gasteiger partial charge in [0, 0.05) is 30.7 Å². The highest BCUT2D eigenvalue weighted by Gasteiger charge is 2.21. The Labute approximate surface area is 178 Å².